The molecule has 2 aromatic heterocycles. The summed E-state index contributed by atoms with van der Waals surface area (Å²) < 4.78 is 11.2. The van der Waals surface area contributed by atoms with Crippen LogP contribution in [0.4, 0.5) is 5.82 Å². The zero-order chi connectivity index (χ0) is 23.2. The van der Waals surface area contributed by atoms with Crippen molar-refractivity contribution in [2.24, 2.45) is 0 Å². The summed E-state index contributed by atoms with van der Waals surface area (Å²) in [6.07, 6.45) is 2.19. The van der Waals surface area contributed by atoms with Gasteiger partial charge in [0, 0.05) is 24.2 Å². The number of benzene rings is 2. The number of fused-ring (bicyclic) bond motifs is 1. The van der Waals surface area contributed by atoms with Crippen molar-refractivity contribution in [2.45, 2.75) is 19.8 Å². The maximum absolute atomic E-state index is 11.2. The molecule has 4 rings (SSSR count). The van der Waals surface area contributed by atoms with Gasteiger partial charge in [-0.1, -0.05) is 30.3 Å². The van der Waals surface area contributed by atoms with Crippen LogP contribution in [0.25, 0.3) is 21.3 Å². The highest BCUT2D eigenvalue weighted by Gasteiger charge is 2.16. The van der Waals surface area contributed by atoms with E-state index in [0.717, 1.165) is 28.3 Å². The molecular formula is C25H25N3O4S. The third kappa shape index (κ3) is 5.23. The molecule has 0 spiro atoms. The first-order valence-corrected chi connectivity index (χ1v) is 11.5. The lowest BCUT2D eigenvalue weighted by Crippen LogP contribution is -2.08. The number of thiophene rings is 1. The maximum Gasteiger partial charge on any atom is 0.308 e. The number of methoxy groups -OCH3 is 1. The number of carboxylic acid groups (broad SMARTS) is 1. The highest BCUT2D eigenvalue weighted by atomic mass is 32.1. The van der Waals surface area contributed by atoms with Crippen LogP contribution >= 0.6 is 11.3 Å². The van der Waals surface area contributed by atoms with Crippen molar-refractivity contribution in [1.82, 2.24) is 9.97 Å². The minimum absolute atomic E-state index is 0.0803. The molecule has 0 aliphatic heterocycles. The number of anilines is 1. The molecule has 0 saturated carbocycles. The lowest BCUT2D eigenvalue weighted by atomic mass is 10.0. The summed E-state index contributed by atoms with van der Waals surface area (Å²) in [5, 5.41) is 14.9. The Morgan fingerprint density at radius 2 is 1.97 bits per heavy atom. The number of aliphatic carboxylic acids is 1. The molecule has 0 saturated heterocycles. The minimum Gasteiger partial charge on any atom is -0.496 e. The predicted molar refractivity (Wildman–Crippen MR) is 131 cm³/mol. The van der Waals surface area contributed by atoms with Crippen LogP contribution in [0.3, 0.4) is 0 Å². The summed E-state index contributed by atoms with van der Waals surface area (Å²) in [7, 11) is 1.69. The molecule has 4 aromatic rings. The third-order valence-electron chi connectivity index (χ3n) is 5.20. The number of nitrogens with one attached hydrogen (secondary N) is 1. The van der Waals surface area contributed by atoms with Gasteiger partial charge >= 0.3 is 5.97 Å². The van der Waals surface area contributed by atoms with Crippen molar-refractivity contribution >= 4 is 33.9 Å². The van der Waals surface area contributed by atoms with E-state index in [1.54, 1.807) is 7.11 Å². The topological polar surface area (TPSA) is 93.6 Å². The highest BCUT2D eigenvalue weighted by Crippen LogP contribution is 2.36. The smallest absolute Gasteiger partial charge is 0.308 e. The Kier molecular flexibility index (Phi) is 7.04. The van der Waals surface area contributed by atoms with Crippen molar-refractivity contribution in [1.29, 1.82) is 0 Å². The Morgan fingerprint density at radius 1 is 1.12 bits per heavy atom. The summed E-state index contributed by atoms with van der Waals surface area (Å²) in [5.74, 6) is 1.27. The number of ether oxygens (including phenoxy) is 2. The number of nitrogens with zero attached hydrogens (tertiary/aromatic N) is 2. The van der Waals surface area contributed by atoms with E-state index in [4.69, 9.17) is 9.47 Å². The van der Waals surface area contributed by atoms with Crippen LogP contribution in [0.2, 0.25) is 0 Å². The van der Waals surface area contributed by atoms with Crippen LogP contribution < -0.4 is 14.8 Å². The normalized spacial score (nSPS) is 10.8. The van der Waals surface area contributed by atoms with E-state index >= 15 is 0 Å². The quantitative estimate of drug-likeness (QED) is 0.340. The van der Waals surface area contributed by atoms with Crippen LogP contribution in [0.5, 0.6) is 11.5 Å². The molecule has 2 aromatic carbocycles. The van der Waals surface area contributed by atoms with E-state index in [-0.39, 0.29) is 6.42 Å². The second-order valence-electron chi connectivity index (χ2n) is 7.33. The van der Waals surface area contributed by atoms with Gasteiger partial charge in [-0.2, -0.15) is 0 Å². The number of aromatic nitrogens is 2. The molecule has 8 heteroatoms. The van der Waals surface area contributed by atoms with Gasteiger partial charge in [-0.15, -0.1) is 11.3 Å². The fraction of sp³-hybridized carbons (Fsp3) is 0.240. The average molecular weight is 464 g/mol. The average Bonchev–Trinajstić information content (AvgIpc) is 3.21. The number of rotatable bonds is 10. The molecule has 0 aliphatic carbocycles. The van der Waals surface area contributed by atoms with Gasteiger partial charge in [0.25, 0.3) is 0 Å². The molecule has 0 radical (unpaired) electrons. The van der Waals surface area contributed by atoms with Crippen molar-refractivity contribution in [3.63, 3.8) is 0 Å². The second kappa shape index (κ2) is 10.3. The monoisotopic (exact) mass is 463 g/mol. The fourth-order valence-corrected chi connectivity index (χ4v) is 4.81. The Balaban J connectivity index is 1.51. The van der Waals surface area contributed by atoms with Gasteiger partial charge in [0.15, 0.2) is 0 Å². The van der Waals surface area contributed by atoms with E-state index in [1.807, 2.05) is 37.3 Å². The molecule has 0 aliphatic rings. The predicted octanol–water partition coefficient (Wildman–Crippen LogP) is 5.05. The molecule has 170 valence electrons. The zero-order valence-corrected chi connectivity index (χ0v) is 19.3. The van der Waals surface area contributed by atoms with Gasteiger partial charge in [-0.25, -0.2) is 9.97 Å². The van der Waals surface area contributed by atoms with Gasteiger partial charge in [0.1, 0.15) is 23.6 Å². The number of carboxylic acids is 1. The second-order valence-corrected chi connectivity index (χ2v) is 8.47. The Labute approximate surface area is 196 Å². The van der Waals surface area contributed by atoms with E-state index < -0.39 is 5.97 Å². The highest BCUT2D eigenvalue weighted by molar-refractivity contribution is 7.15. The lowest BCUT2D eigenvalue weighted by molar-refractivity contribution is -0.136. The van der Waals surface area contributed by atoms with Gasteiger partial charge in [0.2, 0.25) is 0 Å². The molecule has 0 amide bonds. The van der Waals surface area contributed by atoms with Crippen molar-refractivity contribution in [2.75, 3.05) is 25.6 Å². The summed E-state index contributed by atoms with van der Waals surface area (Å²) in [6, 6.07) is 16.1. The summed E-state index contributed by atoms with van der Waals surface area (Å²) >= 11 is 1.38. The van der Waals surface area contributed by atoms with E-state index in [1.165, 1.54) is 28.4 Å². The molecule has 33 heavy (non-hydrogen) atoms. The summed E-state index contributed by atoms with van der Waals surface area (Å²) in [5.41, 5.74) is 1.87. The first kappa shape index (κ1) is 22.5. The molecule has 2 heterocycles. The molecule has 0 fully saturated rings. The molecule has 2 N–H and O–H groups in total. The van der Waals surface area contributed by atoms with Crippen LogP contribution in [0.15, 0.2) is 54.9 Å². The Morgan fingerprint density at radius 3 is 2.76 bits per heavy atom. The molecule has 0 atom stereocenters. The van der Waals surface area contributed by atoms with Crippen LogP contribution in [-0.4, -0.2) is 41.3 Å². The van der Waals surface area contributed by atoms with Crippen molar-refractivity contribution in [3.05, 3.63) is 65.3 Å². The largest absolute Gasteiger partial charge is 0.496 e. The zero-order valence-electron chi connectivity index (χ0n) is 18.5. The minimum atomic E-state index is -0.890. The number of hydrogen-bond acceptors (Lipinski definition) is 7. The van der Waals surface area contributed by atoms with Gasteiger partial charge in [0.05, 0.1) is 35.6 Å². The van der Waals surface area contributed by atoms with E-state index in [9.17, 15) is 9.90 Å². The standard InChI is InChI=1S/C25H25N3O4S/c1-3-32-21-13-22(33-23(21)14-25(29)30)19-12-24(28-15-27-19)26-11-10-18-17-7-5-4-6-16(17)8-9-20(18)31-2/h4-9,12-13,15H,3,10-11,14H2,1-2H3,(H,29,30)(H,26,27,28). The maximum atomic E-state index is 11.2. The molecular weight excluding hydrogens is 438 g/mol. The van der Waals surface area contributed by atoms with Crippen LogP contribution in [0, 0.1) is 0 Å². The molecule has 7 nitrogen and oxygen atoms in total. The molecule has 0 unspecified atom stereocenters. The van der Waals surface area contributed by atoms with Gasteiger partial charge in [-0.05, 0) is 30.2 Å². The van der Waals surface area contributed by atoms with Crippen molar-refractivity contribution in [3.8, 4) is 22.1 Å². The SMILES string of the molecule is CCOc1cc(-c2cc(NCCc3c(OC)ccc4ccccc34)ncn2)sc1CC(=O)O. The fourth-order valence-electron chi connectivity index (χ4n) is 3.75. The lowest BCUT2D eigenvalue weighted by Gasteiger charge is -2.13. The van der Waals surface area contributed by atoms with E-state index in [2.05, 4.69) is 33.5 Å². The van der Waals surface area contributed by atoms with E-state index in [0.29, 0.717) is 29.6 Å². The van der Waals surface area contributed by atoms with Gasteiger partial charge in [-0.3, -0.25) is 4.79 Å². The van der Waals surface area contributed by atoms with Crippen LogP contribution in [0.1, 0.15) is 17.4 Å². The third-order valence-corrected chi connectivity index (χ3v) is 6.34. The summed E-state index contributed by atoms with van der Waals surface area (Å²) in [4.78, 5) is 21.4. The Hall–Kier alpha value is -3.65. The first-order valence-electron chi connectivity index (χ1n) is 10.7. The molecule has 0 bridgehead atoms. The van der Waals surface area contributed by atoms with Gasteiger partial charge < -0.3 is 19.9 Å². The summed E-state index contributed by atoms with van der Waals surface area (Å²) in [6.45, 7) is 3.01. The first-order chi connectivity index (χ1) is 16.1. The van der Waals surface area contributed by atoms with Crippen molar-refractivity contribution < 1.29 is 19.4 Å². The van der Waals surface area contributed by atoms with Crippen LogP contribution in [-0.2, 0) is 17.6 Å². The number of carbonyl (C=O) groups is 1. The Bertz CT molecular complexity index is 1270. The number of hydrogen-bond donors (Lipinski definition) is 2.